The zero-order valence-electron chi connectivity index (χ0n) is 21.6. The van der Waals surface area contributed by atoms with E-state index in [0.717, 1.165) is 73.8 Å². The first-order valence-electron chi connectivity index (χ1n) is 13.0. The van der Waals surface area contributed by atoms with E-state index in [-0.39, 0.29) is 18.0 Å². The maximum Gasteiger partial charge on any atom is 0.238 e. The van der Waals surface area contributed by atoms with Crippen LogP contribution in [0, 0.1) is 6.92 Å². The lowest BCUT2D eigenvalue weighted by atomic mass is 10.1. The summed E-state index contributed by atoms with van der Waals surface area (Å²) in [5, 5.41) is 7.66. The van der Waals surface area contributed by atoms with Gasteiger partial charge in [0.2, 0.25) is 5.91 Å². The van der Waals surface area contributed by atoms with Crippen molar-refractivity contribution in [3.8, 4) is 0 Å². The van der Waals surface area contributed by atoms with Crippen LogP contribution in [0.2, 0.25) is 0 Å². The maximum atomic E-state index is 13.1. The van der Waals surface area contributed by atoms with Crippen molar-refractivity contribution in [1.29, 1.82) is 0 Å². The molecule has 2 saturated heterocycles. The van der Waals surface area contributed by atoms with Crippen LogP contribution in [0.5, 0.6) is 0 Å². The molecule has 3 aromatic rings. The van der Waals surface area contributed by atoms with E-state index in [1.165, 1.54) is 5.56 Å². The number of nitrogens with zero attached hydrogens (tertiary/aromatic N) is 5. The quantitative estimate of drug-likeness (QED) is 0.554. The molecule has 2 unspecified atom stereocenters. The van der Waals surface area contributed by atoms with Crippen molar-refractivity contribution >= 4 is 28.3 Å². The number of para-hydroxylation sites is 1. The first-order valence-corrected chi connectivity index (χ1v) is 13.0. The molecule has 8 heteroatoms. The monoisotopic (exact) mass is 487 g/mol. The zero-order chi connectivity index (χ0) is 25.1. The van der Waals surface area contributed by atoms with Crippen molar-refractivity contribution in [2.75, 3.05) is 56.0 Å². The Bertz CT molecular complexity index is 1190. The smallest absolute Gasteiger partial charge is 0.238 e. The van der Waals surface area contributed by atoms with Crippen LogP contribution in [0.1, 0.15) is 25.0 Å². The molecule has 2 atom stereocenters. The average molecular weight is 488 g/mol. The second kappa shape index (κ2) is 10.9. The first-order chi connectivity index (χ1) is 17.5. The molecule has 0 radical (unpaired) electrons. The van der Waals surface area contributed by atoms with E-state index in [0.29, 0.717) is 6.54 Å². The number of piperazine rings is 2. The second-order valence-electron chi connectivity index (χ2n) is 10.2. The first kappa shape index (κ1) is 24.6. The predicted molar refractivity (Wildman–Crippen MR) is 145 cm³/mol. The van der Waals surface area contributed by atoms with Gasteiger partial charge in [-0.3, -0.25) is 14.6 Å². The van der Waals surface area contributed by atoms with Gasteiger partial charge >= 0.3 is 0 Å². The normalized spacial score (nSPS) is 21.6. The van der Waals surface area contributed by atoms with Gasteiger partial charge in [-0.1, -0.05) is 24.3 Å². The van der Waals surface area contributed by atoms with Gasteiger partial charge in [0.25, 0.3) is 0 Å². The minimum Gasteiger partial charge on any atom is -0.348 e. The number of carbonyl (C=O) groups excluding carboxylic acids is 1. The summed E-state index contributed by atoms with van der Waals surface area (Å²) in [6.45, 7) is 13.6. The number of nitrogens with one attached hydrogen (secondary N) is 2. The third-order valence-corrected chi connectivity index (χ3v) is 7.32. The van der Waals surface area contributed by atoms with E-state index in [2.05, 4.69) is 80.3 Å². The van der Waals surface area contributed by atoms with Crippen LogP contribution in [-0.2, 0) is 11.3 Å². The van der Waals surface area contributed by atoms with Crippen molar-refractivity contribution in [3.05, 3.63) is 59.9 Å². The average Bonchev–Trinajstić information content (AvgIpc) is 2.86. The Labute approximate surface area is 213 Å². The van der Waals surface area contributed by atoms with Gasteiger partial charge in [-0.15, -0.1) is 0 Å². The Hall–Kier alpha value is -3.07. The van der Waals surface area contributed by atoms with Gasteiger partial charge in [-0.05, 0) is 50.1 Å². The molecule has 1 aromatic heterocycles. The molecule has 5 rings (SSSR count). The number of benzene rings is 2. The molecule has 2 aromatic carbocycles. The number of aromatic nitrogens is 2. The van der Waals surface area contributed by atoms with Gasteiger partial charge in [0.05, 0.1) is 12.1 Å². The lowest BCUT2D eigenvalue weighted by Gasteiger charge is -2.45. The Morgan fingerprint density at radius 1 is 1.03 bits per heavy atom. The van der Waals surface area contributed by atoms with Gasteiger partial charge in [-0.25, -0.2) is 9.97 Å². The standard InChI is InChI=1S/C28H37N7O/c1-20-8-9-23(17-33-12-10-29-11-13-33)14-26(20)32-27(36)18-34-15-21(2)35(22(3)16-34)28-24-6-4-5-7-25(24)30-19-31-28/h4-9,14,19,21-22,29H,10-13,15-18H2,1-3H3,(H,32,36). The summed E-state index contributed by atoms with van der Waals surface area (Å²) in [6, 6.07) is 15.0. The molecular formula is C28H37N7O. The van der Waals surface area contributed by atoms with Crippen LogP contribution in [0.4, 0.5) is 11.5 Å². The van der Waals surface area contributed by atoms with Gasteiger partial charge in [0, 0.05) is 69.0 Å². The summed E-state index contributed by atoms with van der Waals surface area (Å²) in [5.74, 6) is 1.01. The van der Waals surface area contributed by atoms with Gasteiger partial charge in [0.1, 0.15) is 12.1 Å². The number of hydrogen-bond acceptors (Lipinski definition) is 7. The maximum absolute atomic E-state index is 13.1. The van der Waals surface area contributed by atoms with Crippen molar-refractivity contribution < 1.29 is 4.79 Å². The Balaban J connectivity index is 1.22. The van der Waals surface area contributed by atoms with Crippen molar-refractivity contribution in [3.63, 3.8) is 0 Å². The van der Waals surface area contributed by atoms with Crippen LogP contribution in [-0.4, -0.2) is 83.6 Å². The van der Waals surface area contributed by atoms with E-state index < -0.39 is 0 Å². The molecule has 3 heterocycles. The van der Waals surface area contributed by atoms with Gasteiger partial charge < -0.3 is 15.5 Å². The Morgan fingerprint density at radius 3 is 2.56 bits per heavy atom. The number of amides is 1. The summed E-state index contributed by atoms with van der Waals surface area (Å²) in [5.41, 5.74) is 4.21. The van der Waals surface area contributed by atoms with Crippen LogP contribution in [0.25, 0.3) is 10.9 Å². The molecule has 190 valence electrons. The van der Waals surface area contributed by atoms with Crippen molar-refractivity contribution in [2.45, 2.75) is 39.4 Å². The Morgan fingerprint density at radius 2 is 1.78 bits per heavy atom. The minimum absolute atomic E-state index is 0.0396. The number of aryl methyl sites for hydroxylation is 1. The summed E-state index contributed by atoms with van der Waals surface area (Å²) in [7, 11) is 0. The molecule has 2 aliphatic heterocycles. The SMILES string of the molecule is Cc1ccc(CN2CCNCC2)cc1NC(=O)CN1CC(C)N(c2ncnc3ccccc23)C(C)C1. The summed E-state index contributed by atoms with van der Waals surface area (Å²) in [4.78, 5) is 29.2. The van der Waals surface area contributed by atoms with Crippen LogP contribution in [0.15, 0.2) is 48.8 Å². The highest BCUT2D eigenvalue weighted by molar-refractivity contribution is 5.93. The summed E-state index contributed by atoms with van der Waals surface area (Å²) >= 11 is 0. The van der Waals surface area contributed by atoms with Crippen molar-refractivity contribution in [2.24, 2.45) is 0 Å². The molecule has 0 saturated carbocycles. The number of carbonyl (C=O) groups is 1. The molecule has 36 heavy (non-hydrogen) atoms. The Kier molecular flexibility index (Phi) is 7.46. The topological polar surface area (TPSA) is 76.6 Å². The van der Waals surface area contributed by atoms with E-state index >= 15 is 0 Å². The molecule has 0 aliphatic carbocycles. The molecular weight excluding hydrogens is 450 g/mol. The summed E-state index contributed by atoms with van der Waals surface area (Å²) in [6.07, 6.45) is 1.65. The molecule has 1 amide bonds. The highest BCUT2D eigenvalue weighted by atomic mass is 16.2. The molecule has 0 spiro atoms. The fourth-order valence-corrected chi connectivity index (χ4v) is 5.60. The fourth-order valence-electron chi connectivity index (χ4n) is 5.60. The largest absolute Gasteiger partial charge is 0.348 e. The third-order valence-electron chi connectivity index (χ3n) is 7.32. The number of rotatable bonds is 6. The number of anilines is 2. The van der Waals surface area contributed by atoms with Gasteiger partial charge in [0.15, 0.2) is 0 Å². The van der Waals surface area contributed by atoms with E-state index in [1.54, 1.807) is 6.33 Å². The molecule has 2 N–H and O–H groups in total. The van der Waals surface area contributed by atoms with Gasteiger partial charge in [-0.2, -0.15) is 0 Å². The highest BCUT2D eigenvalue weighted by Crippen LogP contribution is 2.29. The number of hydrogen-bond donors (Lipinski definition) is 2. The van der Waals surface area contributed by atoms with Crippen molar-refractivity contribution in [1.82, 2.24) is 25.1 Å². The fraction of sp³-hybridized carbons (Fsp3) is 0.464. The van der Waals surface area contributed by atoms with E-state index in [1.807, 2.05) is 18.2 Å². The lowest BCUT2D eigenvalue weighted by molar-refractivity contribution is -0.117. The van der Waals surface area contributed by atoms with Crippen LogP contribution in [0.3, 0.4) is 0 Å². The molecule has 2 aliphatic rings. The minimum atomic E-state index is 0.0396. The van der Waals surface area contributed by atoms with E-state index in [9.17, 15) is 4.79 Å². The van der Waals surface area contributed by atoms with Crippen LogP contribution >= 0.6 is 0 Å². The predicted octanol–water partition coefficient (Wildman–Crippen LogP) is 2.88. The zero-order valence-corrected chi connectivity index (χ0v) is 21.6. The summed E-state index contributed by atoms with van der Waals surface area (Å²) < 4.78 is 0. The number of fused-ring (bicyclic) bond motifs is 1. The highest BCUT2D eigenvalue weighted by Gasteiger charge is 2.32. The third kappa shape index (κ3) is 5.51. The van der Waals surface area contributed by atoms with E-state index in [4.69, 9.17) is 0 Å². The molecule has 2 fully saturated rings. The molecule has 0 bridgehead atoms. The lowest BCUT2D eigenvalue weighted by Crippen LogP contribution is -2.58. The second-order valence-corrected chi connectivity index (χ2v) is 10.2. The molecule has 8 nitrogen and oxygen atoms in total. The van der Waals surface area contributed by atoms with Crippen LogP contribution < -0.4 is 15.5 Å².